The second-order valence-electron chi connectivity index (χ2n) is 7.59. The van der Waals surface area contributed by atoms with Gasteiger partial charge in [0, 0.05) is 17.1 Å². The van der Waals surface area contributed by atoms with Gasteiger partial charge in [-0.05, 0) is 57.9 Å². The number of carbonyl (C=O) groups is 3. The molecule has 0 aliphatic carbocycles. The predicted molar refractivity (Wildman–Crippen MR) is 106 cm³/mol. The second kappa shape index (κ2) is 9.10. The number of carbonyl (C=O) groups excluding carboxylic acids is 3. The number of ether oxygens (including phenoxy) is 1. The van der Waals surface area contributed by atoms with E-state index in [0.29, 0.717) is 11.4 Å². The molecule has 0 radical (unpaired) electrons. The van der Waals surface area contributed by atoms with Crippen molar-refractivity contribution in [3.8, 4) is 0 Å². The number of hydrogen-bond donors (Lipinski definition) is 2. The number of benzene rings is 1. The van der Waals surface area contributed by atoms with Gasteiger partial charge in [-0.1, -0.05) is 11.6 Å². The van der Waals surface area contributed by atoms with Gasteiger partial charge in [0.2, 0.25) is 10.0 Å². The van der Waals surface area contributed by atoms with Crippen LogP contribution < -0.4 is 10.6 Å². The first kappa shape index (κ1) is 23.1. The quantitative estimate of drug-likeness (QED) is 0.664. The van der Waals surface area contributed by atoms with Crippen LogP contribution in [0.4, 0.5) is 4.79 Å². The number of nitrogens with zero attached hydrogens (tertiary/aromatic N) is 1. The number of hydrogen-bond acceptors (Lipinski definition) is 6. The highest BCUT2D eigenvalue weighted by Gasteiger charge is 2.40. The summed E-state index contributed by atoms with van der Waals surface area (Å²) in [5, 5.41) is 4.97. The number of nitrogens with one attached hydrogen (secondary N) is 2. The molecular weight excluding hydrogens is 422 g/mol. The smallest absolute Gasteiger partial charge is 0.324 e. The number of halogens is 1. The highest BCUT2D eigenvalue weighted by Crippen LogP contribution is 2.27. The molecule has 1 aliphatic rings. The lowest BCUT2D eigenvalue weighted by Gasteiger charge is -2.23. The van der Waals surface area contributed by atoms with Crippen molar-refractivity contribution < 1.29 is 27.5 Å². The Kier molecular flexibility index (Phi) is 7.25. The van der Waals surface area contributed by atoms with Crippen molar-refractivity contribution in [2.45, 2.75) is 50.1 Å². The molecule has 2 N–H and O–H groups in total. The molecule has 29 heavy (non-hydrogen) atoms. The van der Waals surface area contributed by atoms with Gasteiger partial charge in [0.25, 0.3) is 5.91 Å². The molecule has 1 aromatic carbocycles. The van der Waals surface area contributed by atoms with Gasteiger partial charge in [0.15, 0.2) is 6.61 Å². The summed E-state index contributed by atoms with van der Waals surface area (Å²) in [6.45, 7) is 4.69. The molecule has 1 aromatic rings. The maximum absolute atomic E-state index is 12.8. The van der Waals surface area contributed by atoms with E-state index in [9.17, 15) is 22.8 Å². The predicted octanol–water partition coefficient (Wildman–Crippen LogP) is 1.66. The molecule has 1 fully saturated rings. The van der Waals surface area contributed by atoms with E-state index >= 15 is 0 Å². The lowest BCUT2D eigenvalue weighted by Crippen LogP contribution is -2.49. The Bertz CT molecular complexity index is 880. The number of rotatable bonds is 5. The number of imide groups is 1. The Morgan fingerprint density at radius 2 is 1.83 bits per heavy atom. The maximum Gasteiger partial charge on any atom is 0.324 e. The van der Waals surface area contributed by atoms with Crippen LogP contribution in [-0.4, -0.2) is 55.4 Å². The van der Waals surface area contributed by atoms with Crippen molar-refractivity contribution in [1.82, 2.24) is 14.9 Å². The van der Waals surface area contributed by atoms with Crippen molar-refractivity contribution >= 4 is 39.5 Å². The molecular formula is C18H24ClN3O6S. The van der Waals surface area contributed by atoms with Gasteiger partial charge in [-0.25, -0.2) is 13.2 Å². The fourth-order valence-electron chi connectivity index (χ4n) is 2.77. The van der Waals surface area contributed by atoms with Crippen LogP contribution in [0.15, 0.2) is 29.2 Å². The third kappa shape index (κ3) is 6.41. The normalized spacial score (nSPS) is 17.6. The third-order valence-corrected chi connectivity index (χ3v) is 6.16. The van der Waals surface area contributed by atoms with Gasteiger partial charge in [0.1, 0.15) is 6.04 Å². The molecule has 0 spiro atoms. The summed E-state index contributed by atoms with van der Waals surface area (Å²) in [7, 11) is -3.92. The molecule has 0 aromatic heterocycles. The van der Waals surface area contributed by atoms with E-state index in [1.165, 1.54) is 24.3 Å². The summed E-state index contributed by atoms with van der Waals surface area (Å²) in [5.41, 5.74) is -0.540. The van der Waals surface area contributed by atoms with E-state index in [-0.39, 0.29) is 17.9 Å². The maximum atomic E-state index is 12.8. The van der Waals surface area contributed by atoms with Crippen molar-refractivity contribution in [3.05, 3.63) is 29.3 Å². The minimum atomic E-state index is -3.92. The van der Waals surface area contributed by atoms with Gasteiger partial charge in [0.05, 0.1) is 4.90 Å². The van der Waals surface area contributed by atoms with E-state index < -0.39 is 46.1 Å². The Hall–Kier alpha value is -2.17. The minimum Gasteiger partial charge on any atom is -0.454 e. The van der Waals surface area contributed by atoms with E-state index in [4.69, 9.17) is 16.3 Å². The number of esters is 1. The monoisotopic (exact) mass is 445 g/mol. The molecule has 1 atom stereocenters. The van der Waals surface area contributed by atoms with Crippen LogP contribution in [0.3, 0.4) is 0 Å². The highest BCUT2D eigenvalue weighted by atomic mass is 35.5. The molecule has 1 unspecified atom stereocenters. The zero-order chi connectivity index (χ0) is 21.8. The molecule has 160 valence electrons. The van der Waals surface area contributed by atoms with Gasteiger partial charge in [-0.3, -0.25) is 14.9 Å². The first-order valence-corrected chi connectivity index (χ1v) is 10.8. The molecule has 0 bridgehead atoms. The Balaban J connectivity index is 1.97. The minimum absolute atomic E-state index is 0.0122. The van der Waals surface area contributed by atoms with Gasteiger partial charge < -0.3 is 10.1 Å². The number of sulfonamides is 1. The summed E-state index contributed by atoms with van der Waals surface area (Å²) < 4.78 is 31.6. The fraction of sp³-hybridized carbons (Fsp3) is 0.500. The molecule has 11 heteroatoms. The van der Waals surface area contributed by atoms with Crippen LogP contribution in [0, 0.1) is 0 Å². The van der Waals surface area contributed by atoms with Crippen molar-refractivity contribution in [2.24, 2.45) is 0 Å². The summed E-state index contributed by atoms with van der Waals surface area (Å²) in [6.07, 6.45) is 0.755. The lowest BCUT2D eigenvalue weighted by molar-refractivity contribution is -0.151. The average Bonchev–Trinajstić information content (AvgIpc) is 3.09. The molecule has 1 aliphatic heterocycles. The molecule has 3 amide bonds. The first-order chi connectivity index (χ1) is 13.4. The van der Waals surface area contributed by atoms with Crippen LogP contribution >= 0.6 is 11.6 Å². The topological polar surface area (TPSA) is 122 Å². The van der Waals surface area contributed by atoms with Crippen LogP contribution in [0.2, 0.25) is 5.02 Å². The second-order valence-corrected chi connectivity index (χ2v) is 9.91. The highest BCUT2D eigenvalue weighted by molar-refractivity contribution is 7.89. The lowest BCUT2D eigenvalue weighted by atomic mass is 10.1. The Labute approximate surface area is 174 Å². The van der Waals surface area contributed by atoms with E-state index in [2.05, 4.69) is 5.32 Å². The first-order valence-electron chi connectivity index (χ1n) is 8.96. The zero-order valence-electron chi connectivity index (χ0n) is 16.4. The summed E-state index contributed by atoms with van der Waals surface area (Å²) in [4.78, 5) is 35.8. The number of urea groups is 1. The van der Waals surface area contributed by atoms with Gasteiger partial charge >= 0.3 is 12.0 Å². The summed E-state index contributed by atoms with van der Waals surface area (Å²) in [5.74, 6) is -1.66. The molecule has 2 rings (SSSR count). The van der Waals surface area contributed by atoms with E-state index in [1.807, 2.05) is 5.32 Å². The SMILES string of the molecule is CC(C)(C)NC(=O)NC(=O)COC(=O)C1CCCN1S(=O)(=O)c1ccc(Cl)cc1. The van der Waals surface area contributed by atoms with Gasteiger partial charge in [-0.2, -0.15) is 4.31 Å². The average molecular weight is 446 g/mol. The standard InChI is InChI=1S/C18H24ClN3O6S/c1-18(2,3)21-17(25)20-15(23)11-28-16(24)14-5-4-10-22(14)29(26,27)13-8-6-12(19)7-9-13/h6-9,14H,4-5,10-11H2,1-3H3,(H2,20,21,23,25). The number of amides is 3. The van der Waals surface area contributed by atoms with Gasteiger partial charge in [-0.15, -0.1) is 0 Å². The van der Waals surface area contributed by atoms with Crippen LogP contribution in [0.5, 0.6) is 0 Å². The molecule has 1 heterocycles. The van der Waals surface area contributed by atoms with Crippen LogP contribution in [0.1, 0.15) is 33.6 Å². The fourth-order valence-corrected chi connectivity index (χ4v) is 4.55. The van der Waals surface area contributed by atoms with E-state index in [1.54, 1.807) is 20.8 Å². The molecule has 1 saturated heterocycles. The van der Waals surface area contributed by atoms with Crippen molar-refractivity contribution in [1.29, 1.82) is 0 Å². The summed E-state index contributed by atoms with van der Waals surface area (Å²) in [6, 6.07) is 3.87. The van der Waals surface area contributed by atoms with Crippen molar-refractivity contribution in [3.63, 3.8) is 0 Å². The molecule has 9 nitrogen and oxygen atoms in total. The van der Waals surface area contributed by atoms with E-state index in [0.717, 1.165) is 4.31 Å². The third-order valence-electron chi connectivity index (χ3n) is 3.98. The van der Waals surface area contributed by atoms with Crippen LogP contribution in [0.25, 0.3) is 0 Å². The molecule has 0 saturated carbocycles. The Morgan fingerprint density at radius 3 is 2.41 bits per heavy atom. The van der Waals surface area contributed by atoms with Crippen molar-refractivity contribution in [2.75, 3.05) is 13.2 Å². The zero-order valence-corrected chi connectivity index (χ0v) is 18.0. The van der Waals surface area contributed by atoms with Crippen LogP contribution in [-0.2, 0) is 24.3 Å². The Morgan fingerprint density at radius 1 is 1.21 bits per heavy atom. The summed E-state index contributed by atoms with van der Waals surface area (Å²) >= 11 is 5.79. The largest absolute Gasteiger partial charge is 0.454 e.